The van der Waals surface area contributed by atoms with E-state index in [2.05, 4.69) is 0 Å². The van der Waals surface area contributed by atoms with E-state index in [4.69, 9.17) is 30.6 Å². The van der Waals surface area contributed by atoms with Crippen LogP contribution in [0.1, 0.15) is 36.3 Å². The van der Waals surface area contributed by atoms with Crippen LogP contribution in [-0.4, -0.2) is 33.1 Å². The van der Waals surface area contributed by atoms with Gasteiger partial charge in [0.2, 0.25) is 5.09 Å². The molecule has 0 amide bonds. The first-order chi connectivity index (χ1) is 17.4. The van der Waals surface area contributed by atoms with E-state index in [0.29, 0.717) is 39.1 Å². The number of ether oxygens (including phenoxy) is 2. The van der Waals surface area contributed by atoms with Crippen molar-refractivity contribution < 1.29 is 32.2 Å². The average Bonchev–Trinajstić information content (AvgIpc) is 3.29. The summed E-state index contributed by atoms with van der Waals surface area (Å²) in [5, 5.41) is 9.10. The molecule has 2 aromatic carbocycles. The molecule has 0 aliphatic carbocycles. The normalized spacial score (nSPS) is 11.8. The molecule has 0 fully saturated rings. The summed E-state index contributed by atoms with van der Waals surface area (Å²) in [6.07, 6.45) is 2.50. The van der Waals surface area contributed by atoms with E-state index >= 15 is 0 Å². The van der Waals surface area contributed by atoms with Gasteiger partial charge >= 0.3 is 5.97 Å². The van der Waals surface area contributed by atoms with Crippen LogP contribution in [0, 0.1) is 19.8 Å². The van der Waals surface area contributed by atoms with Crippen molar-refractivity contribution in [3.05, 3.63) is 76.0 Å². The van der Waals surface area contributed by atoms with Crippen LogP contribution < -0.4 is 13.8 Å². The Balaban J connectivity index is 2.02. The first-order valence-corrected chi connectivity index (χ1v) is 13.3. The van der Waals surface area contributed by atoms with Gasteiger partial charge in [0.05, 0.1) is 12.8 Å². The number of carbonyl (C=O) groups is 1. The van der Waals surface area contributed by atoms with Crippen molar-refractivity contribution in [1.29, 1.82) is 0 Å². The fourth-order valence-electron chi connectivity index (χ4n) is 3.58. The van der Waals surface area contributed by atoms with Gasteiger partial charge in [-0.1, -0.05) is 37.6 Å². The van der Waals surface area contributed by atoms with Gasteiger partial charge in [-0.3, -0.25) is 4.31 Å². The molecule has 0 saturated carbocycles. The Morgan fingerprint density at radius 2 is 1.86 bits per heavy atom. The van der Waals surface area contributed by atoms with E-state index in [-0.39, 0.29) is 24.2 Å². The van der Waals surface area contributed by atoms with E-state index in [1.165, 1.54) is 23.6 Å². The minimum absolute atomic E-state index is 0.00902. The summed E-state index contributed by atoms with van der Waals surface area (Å²) in [6.45, 7) is 7.55. The topological polar surface area (TPSA) is 106 Å². The van der Waals surface area contributed by atoms with Gasteiger partial charge in [0.1, 0.15) is 23.9 Å². The Labute approximate surface area is 222 Å². The first-order valence-electron chi connectivity index (χ1n) is 11.5. The van der Waals surface area contributed by atoms with Crippen LogP contribution in [0.3, 0.4) is 0 Å². The molecule has 1 N–H and O–H groups in total. The number of carboxylic acid groups (broad SMARTS) is 1. The molecule has 0 radical (unpaired) electrons. The van der Waals surface area contributed by atoms with Crippen molar-refractivity contribution in [2.45, 2.75) is 39.4 Å². The fraction of sp³-hybridized carbons (Fsp3) is 0.296. The number of aliphatic carboxylic acids is 1. The zero-order valence-electron chi connectivity index (χ0n) is 21.3. The van der Waals surface area contributed by atoms with Gasteiger partial charge in [-0.2, -0.15) is 8.42 Å². The maximum Gasteiger partial charge on any atom is 0.328 e. The predicted molar refractivity (Wildman–Crippen MR) is 143 cm³/mol. The number of aryl methyl sites for hydroxylation is 2. The van der Waals surface area contributed by atoms with E-state index < -0.39 is 16.0 Å². The molecule has 1 heterocycles. The van der Waals surface area contributed by atoms with Gasteiger partial charge < -0.3 is 19.0 Å². The summed E-state index contributed by atoms with van der Waals surface area (Å²) in [5.74, 6) is 0.243. The van der Waals surface area contributed by atoms with E-state index in [1.54, 1.807) is 50.2 Å². The molecule has 0 atom stereocenters. The highest BCUT2D eigenvalue weighted by Crippen LogP contribution is 2.38. The highest BCUT2D eigenvalue weighted by atomic mass is 35.5. The lowest BCUT2D eigenvalue weighted by Gasteiger charge is -2.27. The third-order valence-electron chi connectivity index (χ3n) is 5.41. The minimum Gasteiger partial charge on any atom is -0.496 e. The van der Waals surface area contributed by atoms with Gasteiger partial charge in [0.15, 0.2) is 0 Å². The summed E-state index contributed by atoms with van der Waals surface area (Å²) < 4.78 is 45.6. The smallest absolute Gasteiger partial charge is 0.328 e. The number of hydrogen-bond donors (Lipinski definition) is 1. The van der Waals surface area contributed by atoms with Crippen LogP contribution in [-0.2, 0) is 21.4 Å². The second-order valence-electron chi connectivity index (χ2n) is 8.90. The number of carboxylic acids is 1. The summed E-state index contributed by atoms with van der Waals surface area (Å²) >= 11 is 6.43. The summed E-state index contributed by atoms with van der Waals surface area (Å²) in [6, 6.07) is 11.5. The second-order valence-corrected chi connectivity index (χ2v) is 11.1. The molecule has 0 saturated heterocycles. The van der Waals surface area contributed by atoms with Crippen LogP contribution in [0.4, 0.5) is 5.69 Å². The minimum atomic E-state index is -4.05. The predicted octanol–water partition coefficient (Wildman–Crippen LogP) is 6.09. The number of benzene rings is 2. The highest BCUT2D eigenvalue weighted by Gasteiger charge is 2.31. The Bertz CT molecular complexity index is 1410. The monoisotopic (exact) mass is 547 g/mol. The van der Waals surface area contributed by atoms with Crippen molar-refractivity contribution >= 4 is 39.4 Å². The molecule has 0 aliphatic heterocycles. The molecule has 10 heteroatoms. The maximum absolute atomic E-state index is 13.6. The number of sulfonamides is 1. The Morgan fingerprint density at radius 3 is 2.46 bits per heavy atom. The summed E-state index contributed by atoms with van der Waals surface area (Å²) in [5.41, 5.74) is 2.35. The molecule has 0 aliphatic rings. The third-order valence-corrected chi connectivity index (χ3v) is 7.47. The Kier molecular flexibility index (Phi) is 8.94. The number of hydrogen-bond acceptors (Lipinski definition) is 6. The highest BCUT2D eigenvalue weighted by molar-refractivity contribution is 7.92. The molecule has 0 spiro atoms. The van der Waals surface area contributed by atoms with Crippen molar-refractivity contribution in [2.24, 2.45) is 5.92 Å². The molecule has 3 rings (SSSR count). The quantitative estimate of drug-likeness (QED) is 0.290. The molecular formula is C27H30ClNO7S. The SMILES string of the molecule is COc1cc(C=CC(=O)O)ccc1COc1cc(C)c(Cl)cc1N(CC(C)C)S(=O)(=O)c1ccc(C)o1. The largest absolute Gasteiger partial charge is 0.496 e. The van der Waals surface area contributed by atoms with Gasteiger partial charge in [0, 0.05) is 23.2 Å². The van der Waals surface area contributed by atoms with Crippen molar-refractivity contribution in [3.63, 3.8) is 0 Å². The van der Waals surface area contributed by atoms with E-state index in [1.807, 2.05) is 13.8 Å². The van der Waals surface area contributed by atoms with Crippen molar-refractivity contribution in [1.82, 2.24) is 0 Å². The van der Waals surface area contributed by atoms with Gasteiger partial charge in [-0.15, -0.1) is 0 Å². The van der Waals surface area contributed by atoms with Gasteiger partial charge in [-0.05, 0) is 67.3 Å². The lowest BCUT2D eigenvalue weighted by Crippen LogP contribution is -2.34. The number of nitrogens with zero attached hydrogens (tertiary/aromatic N) is 1. The van der Waals surface area contributed by atoms with Crippen LogP contribution in [0.2, 0.25) is 5.02 Å². The first kappa shape index (κ1) is 28.1. The number of methoxy groups -OCH3 is 1. The van der Waals surface area contributed by atoms with Crippen LogP contribution in [0.5, 0.6) is 11.5 Å². The number of rotatable bonds is 11. The molecule has 0 bridgehead atoms. The zero-order chi connectivity index (χ0) is 27.3. The van der Waals surface area contributed by atoms with Crippen LogP contribution in [0.25, 0.3) is 6.08 Å². The molecule has 1 aromatic heterocycles. The standard InChI is InChI=1S/C27H30ClNO7S/c1-17(2)15-29(37(32,33)27-11-6-19(4)36-27)23-14-22(28)18(3)12-25(23)35-16-21-9-7-20(8-10-26(30)31)13-24(21)34-5/h6-14,17H,15-16H2,1-5H3,(H,30,31). The average molecular weight is 548 g/mol. The van der Waals surface area contributed by atoms with Crippen molar-refractivity contribution in [3.8, 4) is 11.5 Å². The van der Waals surface area contributed by atoms with Crippen molar-refractivity contribution in [2.75, 3.05) is 18.0 Å². The zero-order valence-corrected chi connectivity index (χ0v) is 22.9. The number of anilines is 1. The molecule has 198 valence electrons. The lowest BCUT2D eigenvalue weighted by atomic mass is 10.1. The lowest BCUT2D eigenvalue weighted by molar-refractivity contribution is -0.131. The Morgan fingerprint density at radius 1 is 1.14 bits per heavy atom. The second kappa shape index (κ2) is 11.7. The molecule has 3 aromatic rings. The number of furan rings is 1. The molecule has 0 unspecified atom stereocenters. The fourth-order valence-corrected chi connectivity index (χ4v) is 5.33. The molecule has 37 heavy (non-hydrogen) atoms. The van der Waals surface area contributed by atoms with Gasteiger partial charge in [-0.25, -0.2) is 4.79 Å². The van der Waals surface area contributed by atoms with Gasteiger partial charge in [0.25, 0.3) is 10.0 Å². The molecular weight excluding hydrogens is 518 g/mol. The van der Waals surface area contributed by atoms with Crippen LogP contribution >= 0.6 is 11.6 Å². The molecule has 8 nitrogen and oxygen atoms in total. The summed E-state index contributed by atoms with van der Waals surface area (Å²) in [7, 11) is -2.54. The third kappa shape index (κ3) is 6.87. The maximum atomic E-state index is 13.6. The Hall–Kier alpha value is -3.43. The van der Waals surface area contributed by atoms with E-state index in [0.717, 1.165) is 11.6 Å². The van der Waals surface area contributed by atoms with Crippen LogP contribution in [0.15, 0.2) is 58.1 Å². The summed E-state index contributed by atoms with van der Waals surface area (Å²) in [4.78, 5) is 10.8. The number of halogens is 1. The van der Waals surface area contributed by atoms with E-state index in [9.17, 15) is 13.2 Å².